The monoisotopic (exact) mass is 420 g/mol. The predicted molar refractivity (Wildman–Crippen MR) is 115 cm³/mol. The summed E-state index contributed by atoms with van der Waals surface area (Å²) in [4.78, 5) is 22.7. The molecular weight excluding hydrogens is 399 g/mol. The van der Waals surface area contributed by atoms with Gasteiger partial charge in [-0.05, 0) is 25.0 Å². The van der Waals surface area contributed by atoms with Crippen molar-refractivity contribution < 1.29 is 9.13 Å². The van der Waals surface area contributed by atoms with Gasteiger partial charge in [0.05, 0.1) is 29.0 Å². The van der Waals surface area contributed by atoms with Gasteiger partial charge in [0.2, 0.25) is 0 Å². The maximum absolute atomic E-state index is 14.4. The summed E-state index contributed by atoms with van der Waals surface area (Å²) >= 11 is 0. The highest BCUT2D eigenvalue weighted by molar-refractivity contribution is 6.14. The molecule has 31 heavy (non-hydrogen) atoms. The Hall–Kier alpha value is -3.53. The van der Waals surface area contributed by atoms with Gasteiger partial charge in [-0.3, -0.25) is 0 Å². The van der Waals surface area contributed by atoms with E-state index >= 15 is 0 Å². The smallest absolute Gasteiger partial charge is 0.326 e. The molecule has 1 saturated heterocycles. The van der Waals surface area contributed by atoms with Gasteiger partial charge < -0.3 is 25.7 Å². The van der Waals surface area contributed by atoms with E-state index in [1.807, 2.05) is 0 Å². The number of rotatable bonds is 4. The molecular formula is C21H21FN8O. The number of anilines is 2. The first-order valence-electron chi connectivity index (χ1n) is 10.2. The fourth-order valence-corrected chi connectivity index (χ4v) is 4.58. The van der Waals surface area contributed by atoms with E-state index in [1.54, 1.807) is 19.4 Å². The highest BCUT2D eigenvalue weighted by atomic mass is 19.1. The quantitative estimate of drug-likeness (QED) is 0.461. The average Bonchev–Trinajstić information content (AvgIpc) is 3.35. The molecule has 3 aromatic heterocycles. The Kier molecular flexibility index (Phi) is 3.82. The number of aromatic nitrogens is 5. The van der Waals surface area contributed by atoms with Gasteiger partial charge in [0.25, 0.3) is 0 Å². The third-order valence-corrected chi connectivity index (χ3v) is 6.40. The van der Waals surface area contributed by atoms with Gasteiger partial charge in [-0.25, -0.2) is 14.4 Å². The lowest BCUT2D eigenvalue weighted by Gasteiger charge is -2.19. The molecule has 1 atom stereocenters. The molecule has 1 aromatic carbocycles. The number of nitrogens with two attached hydrogens (primary N) is 1. The van der Waals surface area contributed by atoms with Crippen molar-refractivity contribution in [3.05, 3.63) is 36.7 Å². The largest absolute Gasteiger partial charge is 0.421 e. The lowest BCUT2D eigenvalue weighted by molar-refractivity contribution is 0.439. The summed E-state index contributed by atoms with van der Waals surface area (Å²) in [6.45, 7) is 1.50. The number of fused-ring (bicyclic) bond motifs is 3. The number of nitrogens with one attached hydrogen (secondary N) is 2. The van der Waals surface area contributed by atoms with Gasteiger partial charge in [0, 0.05) is 37.0 Å². The maximum atomic E-state index is 14.4. The molecule has 4 aromatic rings. The summed E-state index contributed by atoms with van der Waals surface area (Å²) in [5.74, 6) is 0.792. The number of ether oxygens (including phenoxy) is 1. The fourth-order valence-electron chi connectivity index (χ4n) is 4.58. The summed E-state index contributed by atoms with van der Waals surface area (Å²) < 4.78 is 20.2. The molecule has 1 aliphatic heterocycles. The Morgan fingerprint density at radius 1 is 1.26 bits per heavy atom. The molecule has 1 saturated carbocycles. The molecule has 0 amide bonds. The first-order valence-corrected chi connectivity index (χ1v) is 10.2. The predicted octanol–water partition coefficient (Wildman–Crippen LogP) is 2.80. The van der Waals surface area contributed by atoms with Gasteiger partial charge in [0.15, 0.2) is 5.75 Å². The molecule has 4 N–H and O–H groups in total. The standard InChI is InChI=1S/C21H21FN8O/c1-24-14-5-11(22)4-13-16-18(27-17(13)14)28-20(31-12-6-25-10-26-7-12)29-19(16)30-8-15(23)21(9-30)2-3-21/h4-7,10,15,24H,2-3,8-9,23H2,1H3,(H,27,28,29). The van der Waals surface area contributed by atoms with E-state index in [0.717, 1.165) is 30.3 Å². The zero-order valence-electron chi connectivity index (χ0n) is 16.9. The van der Waals surface area contributed by atoms with E-state index in [0.29, 0.717) is 34.8 Å². The Morgan fingerprint density at radius 2 is 2.06 bits per heavy atom. The molecule has 0 bridgehead atoms. The van der Waals surface area contributed by atoms with Crippen LogP contribution >= 0.6 is 0 Å². The first-order chi connectivity index (χ1) is 15.1. The molecule has 6 rings (SSSR count). The highest BCUT2D eigenvalue weighted by Crippen LogP contribution is 2.53. The molecule has 1 spiro atoms. The lowest BCUT2D eigenvalue weighted by Crippen LogP contribution is -2.30. The van der Waals surface area contributed by atoms with Crippen LogP contribution in [0, 0.1) is 11.2 Å². The zero-order valence-corrected chi connectivity index (χ0v) is 16.9. The molecule has 2 aliphatic rings. The number of nitrogens with zero attached hydrogens (tertiary/aromatic N) is 5. The molecule has 10 heteroatoms. The van der Waals surface area contributed by atoms with E-state index in [2.05, 4.69) is 30.2 Å². The van der Waals surface area contributed by atoms with Gasteiger partial charge in [0.1, 0.15) is 23.6 Å². The van der Waals surface area contributed by atoms with E-state index in [-0.39, 0.29) is 23.3 Å². The van der Waals surface area contributed by atoms with Gasteiger partial charge >= 0.3 is 6.01 Å². The third kappa shape index (κ3) is 2.86. The van der Waals surface area contributed by atoms with Gasteiger partial charge in [-0.15, -0.1) is 0 Å². The van der Waals surface area contributed by atoms with Gasteiger partial charge in [-0.2, -0.15) is 9.97 Å². The minimum Gasteiger partial charge on any atom is -0.421 e. The van der Waals surface area contributed by atoms with Crippen molar-refractivity contribution in [1.82, 2.24) is 24.9 Å². The lowest BCUT2D eigenvalue weighted by atomic mass is 10.0. The highest BCUT2D eigenvalue weighted by Gasteiger charge is 2.54. The van der Waals surface area contributed by atoms with Crippen LogP contribution in [0.1, 0.15) is 12.8 Å². The number of H-pyrrole nitrogens is 1. The average molecular weight is 420 g/mol. The van der Waals surface area contributed by atoms with E-state index in [4.69, 9.17) is 15.5 Å². The van der Waals surface area contributed by atoms with Crippen molar-refractivity contribution in [2.45, 2.75) is 18.9 Å². The van der Waals surface area contributed by atoms with Crippen LogP contribution in [0.2, 0.25) is 0 Å². The van der Waals surface area contributed by atoms with E-state index in [9.17, 15) is 4.39 Å². The number of halogens is 1. The van der Waals surface area contributed by atoms with Crippen LogP contribution in [-0.4, -0.2) is 51.1 Å². The van der Waals surface area contributed by atoms with Crippen LogP contribution in [0.15, 0.2) is 30.9 Å². The minimum atomic E-state index is -0.331. The summed E-state index contributed by atoms with van der Waals surface area (Å²) in [6, 6.07) is 3.21. The van der Waals surface area contributed by atoms with Crippen LogP contribution in [0.4, 0.5) is 15.9 Å². The molecule has 4 heterocycles. The topological polar surface area (TPSA) is 118 Å². The van der Waals surface area contributed by atoms with Crippen molar-refractivity contribution in [2.75, 3.05) is 30.4 Å². The second kappa shape index (κ2) is 6.48. The second-order valence-corrected chi connectivity index (χ2v) is 8.33. The summed E-state index contributed by atoms with van der Waals surface area (Å²) in [5.41, 5.74) is 8.59. The Morgan fingerprint density at radius 3 is 2.77 bits per heavy atom. The van der Waals surface area contributed by atoms with Crippen LogP contribution in [0.5, 0.6) is 11.8 Å². The maximum Gasteiger partial charge on any atom is 0.326 e. The Labute approximate surface area is 176 Å². The summed E-state index contributed by atoms with van der Waals surface area (Å²) in [7, 11) is 1.76. The van der Waals surface area contributed by atoms with E-state index < -0.39 is 0 Å². The number of benzene rings is 1. The van der Waals surface area contributed by atoms with Crippen LogP contribution in [-0.2, 0) is 0 Å². The normalized spacial score (nSPS) is 19.5. The Balaban J connectivity index is 1.56. The number of hydrogen-bond donors (Lipinski definition) is 3. The fraction of sp³-hybridized carbons (Fsp3) is 0.333. The summed E-state index contributed by atoms with van der Waals surface area (Å²) in [5, 5.41) is 4.52. The van der Waals surface area contributed by atoms with Crippen molar-refractivity contribution in [3.63, 3.8) is 0 Å². The molecule has 1 aliphatic carbocycles. The van der Waals surface area contributed by atoms with Crippen LogP contribution in [0.25, 0.3) is 21.9 Å². The molecule has 2 fully saturated rings. The molecule has 0 radical (unpaired) electrons. The van der Waals surface area contributed by atoms with Crippen molar-refractivity contribution in [3.8, 4) is 11.8 Å². The van der Waals surface area contributed by atoms with Crippen LogP contribution in [0.3, 0.4) is 0 Å². The third-order valence-electron chi connectivity index (χ3n) is 6.40. The van der Waals surface area contributed by atoms with E-state index in [1.165, 1.54) is 18.5 Å². The minimum absolute atomic E-state index is 0.0826. The van der Waals surface area contributed by atoms with Gasteiger partial charge in [-0.1, -0.05) is 0 Å². The number of hydrogen-bond acceptors (Lipinski definition) is 8. The SMILES string of the molecule is CNc1cc(F)cc2c1[nH]c1nc(Oc3cncnc3)nc(N3CC(N)C4(CC4)C3)c12. The number of aromatic amines is 1. The molecule has 9 nitrogen and oxygen atoms in total. The van der Waals surface area contributed by atoms with Crippen LogP contribution < -0.4 is 20.7 Å². The van der Waals surface area contributed by atoms with Crippen molar-refractivity contribution >= 4 is 33.4 Å². The Bertz CT molecular complexity index is 1300. The summed E-state index contributed by atoms with van der Waals surface area (Å²) in [6.07, 6.45) is 6.76. The zero-order chi connectivity index (χ0) is 21.2. The van der Waals surface area contributed by atoms with Crippen molar-refractivity contribution in [1.29, 1.82) is 0 Å². The first kappa shape index (κ1) is 18.3. The second-order valence-electron chi connectivity index (χ2n) is 8.33. The molecule has 158 valence electrons. The molecule has 1 unspecified atom stereocenters. The van der Waals surface area contributed by atoms with Crippen molar-refractivity contribution in [2.24, 2.45) is 11.1 Å².